The van der Waals surface area contributed by atoms with E-state index in [9.17, 15) is 9.59 Å². The van der Waals surface area contributed by atoms with Gasteiger partial charge in [0.1, 0.15) is 0 Å². The van der Waals surface area contributed by atoms with Gasteiger partial charge in [-0.1, -0.05) is 29.8 Å². The third kappa shape index (κ3) is 4.15. The fourth-order valence-electron chi connectivity index (χ4n) is 3.60. The number of carbonyl (C=O) groups is 2. The first-order valence-electron chi connectivity index (χ1n) is 8.88. The molecule has 3 atom stereocenters. The van der Waals surface area contributed by atoms with Gasteiger partial charge in [-0.05, 0) is 38.8 Å². The largest absolute Gasteiger partial charge is 0.353 e. The standard InChI is InChI=1S/C19H27N3O2/c1-13-3-5-15(6-4-13)11-22-12-16(10-18(22)23)19(24)21-17-7-8-20-14(2)9-17/h3-6,14,16-17,20H,7-12H2,1-2H3,(H,21,24). The number of aryl methyl sites for hydroxylation is 1. The van der Waals surface area contributed by atoms with Crippen LogP contribution >= 0.6 is 0 Å². The molecule has 24 heavy (non-hydrogen) atoms. The smallest absolute Gasteiger partial charge is 0.225 e. The Bertz CT molecular complexity index is 599. The lowest BCUT2D eigenvalue weighted by molar-refractivity contribution is -0.129. The normalized spacial score (nSPS) is 27.3. The van der Waals surface area contributed by atoms with Crippen LogP contribution in [0.15, 0.2) is 24.3 Å². The van der Waals surface area contributed by atoms with Gasteiger partial charge in [-0.2, -0.15) is 0 Å². The third-order valence-electron chi connectivity index (χ3n) is 5.05. The van der Waals surface area contributed by atoms with Crippen LogP contribution in [-0.2, 0) is 16.1 Å². The van der Waals surface area contributed by atoms with Crippen molar-refractivity contribution in [3.63, 3.8) is 0 Å². The van der Waals surface area contributed by atoms with E-state index in [0.29, 0.717) is 25.6 Å². The maximum atomic E-state index is 12.5. The van der Waals surface area contributed by atoms with E-state index in [2.05, 4.69) is 29.7 Å². The van der Waals surface area contributed by atoms with Crippen molar-refractivity contribution in [3.05, 3.63) is 35.4 Å². The van der Waals surface area contributed by atoms with Gasteiger partial charge < -0.3 is 15.5 Å². The fourth-order valence-corrected chi connectivity index (χ4v) is 3.60. The lowest BCUT2D eigenvalue weighted by atomic mass is 9.99. The van der Waals surface area contributed by atoms with Crippen LogP contribution in [0.5, 0.6) is 0 Å². The molecule has 0 bridgehead atoms. The summed E-state index contributed by atoms with van der Waals surface area (Å²) in [7, 11) is 0. The summed E-state index contributed by atoms with van der Waals surface area (Å²) in [6.07, 6.45) is 2.25. The van der Waals surface area contributed by atoms with Crippen molar-refractivity contribution < 1.29 is 9.59 Å². The highest BCUT2D eigenvalue weighted by Crippen LogP contribution is 2.21. The lowest BCUT2D eigenvalue weighted by Crippen LogP contribution is -2.48. The zero-order chi connectivity index (χ0) is 17.1. The number of nitrogens with zero attached hydrogens (tertiary/aromatic N) is 1. The first-order chi connectivity index (χ1) is 11.5. The Morgan fingerprint density at radius 1 is 1.33 bits per heavy atom. The van der Waals surface area contributed by atoms with E-state index in [1.807, 2.05) is 19.1 Å². The summed E-state index contributed by atoms with van der Waals surface area (Å²) in [5.74, 6) is -0.101. The van der Waals surface area contributed by atoms with Crippen LogP contribution in [-0.4, -0.2) is 41.9 Å². The van der Waals surface area contributed by atoms with Crippen molar-refractivity contribution in [1.29, 1.82) is 0 Å². The van der Waals surface area contributed by atoms with Gasteiger partial charge in [-0.15, -0.1) is 0 Å². The van der Waals surface area contributed by atoms with E-state index in [1.54, 1.807) is 4.90 Å². The Morgan fingerprint density at radius 3 is 2.79 bits per heavy atom. The number of rotatable bonds is 4. The quantitative estimate of drug-likeness (QED) is 0.882. The summed E-state index contributed by atoms with van der Waals surface area (Å²) in [4.78, 5) is 26.5. The second-order valence-electron chi connectivity index (χ2n) is 7.25. The molecular formula is C19H27N3O2. The summed E-state index contributed by atoms with van der Waals surface area (Å²) in [5, 5.41) is 6.53. The average Bonchev–Trinajstić information content (AvgIpc) is 2.91. The fraction of sp³-hybridized carbons (Fsp3) is 0.579. The molecule has 1 aromatic carbocycles. The maximum Gasteiger partial charge on any atom is 0.225 e. The van der Waals surface area contributed by atoms with Gasteiger partial charge in [0.2, 0.25) is 11.8 Å². The van der Waals surface area contributed by atoms with Crippen LogP contribution in [0, 0.1) is 12.8 Å². The van der Waals surface area contributed by atoms with E-state index >= 15 is 0 Å². The van der Waals surface area contributed by atoms with Crippen molar-refractivity contribution in [3.8, 4) is 0 Å². The molecule has 2 aliphatic heterocycles. The summed E-state index contributed by atoms with van der Waals surface area (Å²) < 4.78 is 0. The molecule has 2 heterocycles. The number of amides is 2. The summed E-state index contributed by atoms with van der Waals surface area (Å²) >= 11 is 0. The third-order valence-corrected chi connectivity index (χ3v) is 5.05. The van der Waals surface area contributed by atoms with Gasteiger partial charge in [0.25, 0.3) is 0 Å². The number of likely N-dealkylation sites (tertiary alicyclic amines) is 1. The van der Waals surface area contributed by atoms with Crippen LogP contribution in [0.2, 0.25) is 0 Å². The Morgan fingerprint density at radius 2 is 2.08 bits per heavy atom. The topological polar surface area (TPSA) is 61.4 Å². The first kappa shape index (κ1) is 17.0. The molecular weight excluding hydrogens is 302 g/mol. The molecule has 0 spiro atoms. The highest BCUT2D eigenvalue weighted by atomic mass is 16.2. The molecule has 2 aliphatic rings. The SMILES string of the molecule is Cc1ccc(CN2CC(C(=O)NC3CCNC(C)C3)CC2=O)cc1. The van der Waals surface area contributed by atoms with Gasteiger partial charge in [0.15, 0.2) is 0 Å². The van der Waals surface area contributed by atoms with Crippen LogP contribution in [0.25, 0.3) is 0 Å². The molecule has 130 valence electrons. The zero-order valence-electron chi connectivity index (χ0n) is 14.5. The molecule has 3 unspecified atom stereocenters. The summed E-state index contributed by atoms with van der Waals surface area (Å²) in [5.41, 5.74) is 2.32. The molecule has 2 saturated heterocycles. The molecule has 5 heteroatoms. The van der Waals surface area contributed by atoms with Gasteiger partial charge in [-0.25, -0.2) is 0 Å². The lowest BCUT2D eigenvalue weighted by Gasteiger charge is -2.29. The van der Waals surface area contributed by atoms with E-state index in [0.717, 1.165) is 24.9 Å². The number of hydrogen-bond acceptors (Lipinski definition) is 3. The Kier molecular flexibility index (Phi) is 5.19. The number of carbonyl (C=O) groups excluding carboxylic acids is 2. The van der Waals surface area contributed by atoms with Gasteiger partial charge in [0.05, 0.1) is 5.92 Å². The highest BCUT2D eigenvalue weighted by Gasteiger charge is 2.35. The van der Waals surface area contributed by atoms with Gasteiger partial charge >= 0.3 is 0 Å². The molecule has 0 aromatic heterocycles. The van der Waals surface area contributed by atoms with Crippen molar-refractivity contribution in [2.24, 2.45) is 5.92 Å². The Labute approximate surface area is 143 Å². The minimum Gasteiger partial charge on any atom is -0.353 e. The minimum absolute atomic E-state index is 0.0360. The number of piperidine rings is 1. The molecule has 0 saturated carbocycles. The monoisotopic (exact) mass is 329 g/mol. The maximum absolute atomic E-state index is 12.5. The predicted molar refractivity (Wildman–Crippen MR) is 93.3 cm³/mol. The minimum atomic E-state index is -0.215. The van der Waals surface area contributed by atoms with Gasteiger partial charge in [-0.3, -0.25) is 9.59 Å². The van der Waals surface area contributed by atoms with E-state index < -0.39 is 0 Å². The molecule has 0 radical (unpaired) electrons. The predicted octanol–water partition coefficient (Wildman–Crippen LogP) is 1.60. The number of nitrogens with one attached hydrogen (secondary N) is 2. The number of hydrogen-bond donors (Lipinski definition) is 2. The van der Waals surface area contributed by atoms with Crippen molar-refractivity contribution in [2.75, 3.05) is 13.1 Å². The Balaban J connectivity index is 1.53. The Hall–Kier alpha value is -1.88. The van der Waals surface area contributed by atoms with Crippen LogP contribution in [0.4, 0.5) is 0 Å². The average molecular weight is 329 g/mol. The van der Waals surface area contributed by atoms with E-state index in [1.165, 1.54) is 5.56 Å². The zero-order valence-corrected chi connectivity index (χ0v) is 14.5. The number of benzene rings is 1. The van der Waals surface area contributed by atoms with Gasteiger partial charge in [0, 0.05) is 31.6 Å². The highest BCUT2D eigenvalue weighted by molar-refractivity contribution is 5.89. The molecule has 2 fully saturated rings. The van der Waals surface area contributed by atoms with Crippen LogP contribution < -0.4 is 10.6 Å². The molecule has 5 nitrogen and oxygen atoms in total. The molecule has 1 aromatic rings. The van der Waals surface area contributed by atoms with Crippen LogP contribution in [0.3, 0.4) is 0 Å². The molecule has 3 rings (SSSR count). The first-order valence-corrected chi connectivity index (χ1v) is 8.88. The summed E-state index contributed by atoms with van der Waals surface area (Å²) in [6, 6.07) is 8.87. The van der Waals surface area contributed by atoms with Crippen molar-refractivity contribution in [2.45, 2.75) is 51.7 Å². The van der Waals surface area contributed by atoms with Crippen LogP contribution in [0.1, 0.15) is 37.3 Å². The van der Waals surface area contributed by atoms with Crippen molar-refractivity contribution in [1.82, 2.24) is 15.5 Å². The molecule has 2 N–H and O–H groups in total. The van der Waals surface area contributed by atoms with E-state index in [4.69, 9.17) is 0 Å². The van der Waals surface area contributed by atoms with Crippen molar-refractivity contribution >= 4 is 11.8 Å². The van der Waals surface area contributed by atoms with E-state index in [-0.39, 0.29) is 23.8 Å². The summed E-state index contributed by atoms with van der Waals surface area (Å²) in [6.45, 7) is 6.25. The second kappa shape index (κ2) is 7.34. The molecule has 2 amide bonds. The molecule has 0 aliphatic carbocycles. The second-order valence-corrected chi connectivity index (χ2v) is 7.25.